The summed E-state index contributed by atoms with van der Waals surface area (Å²) in [5.74, 6) is 0.725. The van der Waals surface area contributed by atoms with E-state index in [1.807, 2.05) is 0 Å². The zero-order chi connectivity index (χ0) is 15.8. The van der Waals surface area contributed by atoms with Gasteiger partial charge in [0.05, 0.1) is 12.1 Å². The third-order valence-corrected chi connectivity index (χ3v) is 4.97. The molecule has 114 valence electrons. The van der Waals surface area contributed by atoms with Gasteiger partial charge in [0.2, 0.25) is 0 Å². The third-order valence-electron chi connectivity index (χ3n) is 4.64. The average molecular weight is 307 g/mol. The summed E-state index contributed by atoms with van der Waals surface area (Å²) in [6.45, 7) is 9.05. The smallest absolute Gasteiger partial charge is 0.144 e. The van der Waals surface area contributed by atoms with E-state index in [0.29, 0.717) is 11.3 Å². The number of carbonyl (C=O) groups is 1. The first-order valence-electron chi connectivity index (χ1n) is 7.27. The Balaban J connectivity index is 2.73. The fourth-order valence-electron chi connectivity index (χ4n) is 3.10. The van der Waals surface area contributed by atoms with Crippen LogP contribution in [0.1, 0.15) is 57.2 Å². The molecule has 21 heavy (non-hydrogen) atoms. The summed E-state index contributed by atoms with van der Waals surface area (Å²) in [5.41, 5.74) is 3.62. The number of halogens is 1. The van der Waals surface area contributed by atoms with Gasteiger partial charge in [-0.1, -0.05) is 39.3 Å². The monoisotopic (exact) mass is 306 g/mol. The predicted molar refractivity (Wildman–Crippen MR) is 88.2 cm³/mol. The van der Waals surface area contributed by atoms with Gasteiger partial charge >= 0.3 is 0 Å². The van der Waals surface area contributed by atoms with Gasteiger partial charge in [-0.25, -0.2) is 0 Å². The van der Waals surface area contributed by atoms with E-state index in [1.54, 1.807) is 7.11 Å². The number of ether oxygens (including phenoxy) is 1. The van der Waals surface area contributed by atoms with E-state index in [-0.39, 0.29) is 10.8 Å². The molecule has 0 saturated carbocycles. The number of methoxy groups -OCH3 is 1. The molecule has 1 aliphatic rings. The van der Waals surface area contributed by atoms with Gasteiger partial charge in [0.1, 0.15) is 12.0 Å². The van der Waals surface area contributed by atoms with E-state index in [2.05, 4.69) is 39.8 Å². The summed E-state index contributed by atoms with van der Waals surface area (Å²) < 4.78 is 5.50. The minimum absolute atomic E-state index is 0.101. The summed E-state index contributed by atoms with van der Waals surface area (Å²) in [6, 6.07) is 4.18. The van der Waals surface area contributed by atoms with Crippen LogP contribution in [0.4, 0.5) is 0 Å². The number of hydrogen-bond donors (Lipinski definition) is 0. The molecule has 0 aliphatic heterocycles. The second kappa shape index (κ2) is 5.49. The van der Waals surface area contributed by atoms with Gasteiger partial charge in [-0.15, -0.1) is 0 Å². The molecule has 0 bridgehead atoms. The van der Waals surface area contributed by atoms with Gasteiger partial charge in [0, 0.05) is 5.56 Å². The number of hydrogen-bond acceptors (Lipinski definition) is 2. The summed E-state index contributed by atoms with van der Waals surface area (Å²) in [4.78, 5) is 10.7. The quantitative estimate of drug-likeness (QED) is 0.591. The first kappa shape index (κ1) is 16.1. The van der Waals surface area contributed by atoms with Crippen molar-refractivity contribution in [1.29, 1.82) is 0 Å². The van der Waals surface area contributed by atoms with Crippen LogP contribution in [0.3, 0.4) is 0 Å². The molecular weight excluding hydrogens is 284 g/mol. The average Bonchev–Trinajstić information content (AvgIpc) is 2.43. The van der Waals surface area contributed by atoms with Crippen molar-refractivity contribution >= 4 is 22.9 Å². The molecule has 0 unspecified atom stereocenters. The highest BCUT2D eigenvalue weighted by atomic mass is 35.5. The normalized spacial score (nSPS) is 19.8. The number of fused-ring (bicyclic) bond motifs is 1. The second-order valence-electron chi connectivity index (χ2n) is 7.02. The van der Waals surface area contributed by atoms with Crippen LogP contribution >= 0.6 is 11.6 Å². The largest absolute Gasteiger partial charge is 0.496 e. The van der Waals surface area contributed by atoms with Crippen LogP contribution < -0.4 is 4.74 Å². The molecule has 0 fully saturated rings. The van der Waals surface area contributed by atoms with E-state index in [4.69, 9.17) is 16.3 Å². The lowest BCUT2D eigenvalue weighted by molar-refractivity contribution is -0.104. The van der Waals surface area contributed by atoms with Crippen molar-refractivity contribution < 1.29 is 9.53 Å². The van der Waals surface area contributed by atoms with Crippen molar-refractivity contribution in [3.05, 3.63) is 34.9 Å². The Morgan fingerprint density at radius 3 is 2.14 bits per heavy atom. The fraction of sp³-hybridized carbons (Fsp3) is 0.500. The lowest BCUT2D eigenvalue weighted by Crippen LogP contribution is -2.34. The minimum atomic E-state index is 0.101. The molecule has 2 rings (SSSR count). The molecule has 0 amide bonds. The number of carbonyl (C=O) groups excluding carboxylic acids is 1. The highest BCUT2D eigenvalue weighted by Crippen LogP contribution is 2.48. The number of allylic oxidation sites excluding steroid dienone is 1. The second-order valence-corrected chi connectivity index (χ2v) is 7.42. The molecule has 1 aromatic rings. The Kier molecular flexibility index (Phi) is 4.21. The van der Waals surface area contributed by atoms with E-state index < -0.39 is 0 Å². The Morgan fingerprint density at radius 1 is 1.14 bits per heavy atom. The van der Waals surface area contributed by atoms with E-state index in [0.717, 1.165) is 24.2 Å². The summed E-state index contributed by atoms with van der Waals surface area (Å²) in [5, 5.41) is 0.420. The van der Waals surface area contributed by atoms with E-state index >= 15 is 0 Å². The Morgan fingerprint density at radius 2 is 1.67 bits per heavy atom. The highest BCUT2D eigenvalue weighted by Gasteiger charge is 2.38. The third kappa shape index (κ3) is 2.87. The van der Waals surface area contributed by atoms with Gasteiger partial charge in [-0.2, -0.15) is 0 Å². The molecule has 1 aromatic carbocycles. The van der Waals surface area contributed by atoms with Crippen LogP contribution in [0.2, 0.25) is 0 Å². The first-order chi connectivity index (χ1) is 9.73. The minimum Gasteiger partial charge on any atom is -0.496 e. The number of aldehydes is 1. The van der Waals surface area contributed by atoms with Gasteiger partial charge < -0.3 is 4.74 Å². The van der Waals surface area contributed by atoms with Crippen LogP contribution in [0.15, 0.2) is 18.2 Å². The standard InChI is InChI=1S/C18H23ClO2/c1-17(2)7-8-18(3,4)14-11-16(21-5)12(10-13(14)17)15(19)6-9-20/h6,9-11H,7-8H2,1-5H3/b15-6+. The van der Waals surface area contributed by atoms with Gasteiger partial charge in [0.15, 0.2) is 0 Å². The molecule has 2 nitrogen and oxygen atoms in total. The Labute approximate surface area is 132 Å². The first-order valence-corrected chi connectivity index (χ1v) is 7.65. The maximum Gasteiger partial charge on any atom is 0.144 e. The lowest BCUT2D eigenvalue weighted by Gasteiger charge is -2.42. The van der Waals surface area contributed by atoms with Crippen molar-refractivity contribution in [2.24, 2.45) is 0 Å². The van der Waals surface area contributed by atoms with E-state index in [1.165, 1.54) is 17.2 Å². The van der Waals surface area contributed by atoms with Crippen molar-refractivity contribution in [2.45, 2.75) is 51.4 Å². The molecule has 0 aromatic heterocycles. The van der Waals surface area contributed by atoms with Crippen molar-refractivity contribution in [1.82, 2.24) is 0 Å². The van der Waals surface area contributed by atoms with Crippen LogP contribution in [-0.4, -0.2) is 13.4 Å². The zero-order valence-electron chi connectivity index (χ0n) is 13.4. The molecule has 0 atom stereocenters. The Hall–Kier alpha value is -1.28. The maximum absolute atomic E-state index is 10.7. The Bertz CT molecular complexity index is 597. The zero-order valence-corrected chi connectivity index (χ0v) is 14.2. The predicted octanol–water partition coefficient (Wildman–Crippen LogP) is 4.82. The molecule has 0 spiro atoms. The summed E-state index contributed by atoms with van der Waals surface area (Å²) in [6.07, 6.45) is 4.35. The SMILES string of the molecule is COc1cc2c(cc1/C(Cl)=C\C=O)C(C)(C)CCC2(C)C. The van der Waals surface area contributed by atoms with Crippen LogP contribution in [0.5, 0.6) is 5.75 Å². The van der Waals surface area contributed by atoms with Crippen LogP contribution in [0.25, 0.3) is 5.03 Å². The van der Waals surface area contributed by atoms with Gasteiger partial charge in [-0.3, -0.25) is 4.79 Å². The van der Waals surface area contributed by atoms with Gasteiger partial charge in [-0.05, 0) is 53.0 Å². The highest BCUT2D eigenvalue weighted by molar-refractivity contribution is 6.50. The molecule has 0 heterocycles. The summed E-state index contributed by atoms with van der Waals surface area (Å²) >= 11 is 6.25. The fourth-order valence-corrected chi connectivity index (χ4v) is 3.30. The lowest BCUT2D eigenvalue weighted by atomic mass is 9.63. The van der Waals surface area contributed by atoms with E-state index in [9.17, 15) is 4.79 Å². The molecular formula is C18H23ClO2. The molecule has 0 radical (unpaired) electrons. The number of rotatable bonds is 3. The van der Waals surface area contributed by atoms with Crippen LogP contribution in [0, 0.1) is 0 Å². The number of benzene rings is 1. The molecule has 3 heteroatoms. The molecule has 0 N–H and O–H groups in total. The van der Waals surface area contributed by atoms with Crippen LogP contribution in [-0.2, 0) is 15.6 Å². The molecule has 1 aliphatic carbocycles. The van der Waals surface area contributed by atoms with Crippen molar-refractivity contribution in [2.75, 3.05) is 7.11 Å². The topological polar surface area (TPSA) is 26.3 Å². The summed E-state index contributed by atoms with van der Waals surface area (Å²) in [7, 11) is 1.64. The molecule has 0 saturated heterocycles. The maximum atomic E-state index is 10.7. The van der Waals surface area contributed by atoms with Crippen molar-refractivity contribution in [3.63, 3.8) is 0 Å². The van der Waals surface area contributed by atoms with Gasteiger partial charge in [0.25, 0.3) is 0 Å². The van der Waals surface area contributed by atoms with Crippen molar-refractivity contribution in [3.8, 4) is 5.75 Å².